The molecule has 4 rings (SSSR count). The fourth-order valence-corrected chi connectivity index (χ4v) is 4.31. The van der Waals surface area contributed by atoms with Crippen LogP contribution in [0.5, 0.6) is 0 Å². The van der Waals surface area contributed by atoms with E-state index in [-0.39, 0.29) is 5.41 Å². The summed E-state index contributed by atoms with van der Waals surface area (Å²) in [4.78, 5) is 7.06. The molecule has 0 fully saturated rings. The van der Waals surface area contributed by atoms with E-state index in [0.717, 1.165) is 40.7 Å². The van der Waals surface area contributed by atoms with Gasteiger partial charge < -0.3 is 9.32 Å². The molecule has 1 aliphatic carbocycles. The molecule has 0 saturated carbocycles. The molecule has 1 heterocycles. The number of hydrogen-bond acceptors (Lipinski definition) is 4. The Kier molecular flexibility index (Phi) is 5.03. The van der Waals surface area contributed by atoms with Crippen LogP contribution in [0.4, 0.5) is 0 Å². The average molecular weight is 400 g/mol. The minimum absolute atomic E-state index is 0.236. The highest BCUT2D eigenvalue weighted by atomic mass is 16.3. The van der Waals surface area contributed by atoms with Gasteiger partial charge in [0.25, 0.3) is 0 Å². The second-order valence-corrected chi connectivity index (χ2v) is 9.44. The van der Waals surface area contributed by atoms with E-state index < -0.39 is 0 Å². The van der Waals surface area contributed by atoms with Crippen molar-refractivity contribution in [3.05, 3.63) is 59.0 Å². The molecular formula is C26H29N3O. The van der Waals surface area contributed by atoms with Crippen molar-refractivity contribution in [3.8, 4) is 17.2 Å². The minimum Gasteiger partial charge on any atom is -0.439 e. The number of rotatable bonds is 3. The van der Waals surface area contributed by atoms with E-state index in [9.17, 15) is 5.26 Å². The van der Waals surface area contributed by atoms with Crippen molar-refractivity contribution >= 4 is 16.7 Å². The molecule has 1 atom stereocenters. The third kappa shape index (κ3) is 3.34. The Morgan fingerprint density at radius 3 is 2.40 bits per heavy atom. The number of likely N-dealkylation sites (N-methyl/N-ethyl adjacent to an activating group) is 1. The Labute approximate surface area is 178 Å². The smallest absolute Gasteiger partial charge is 0.200 e. The van der Waals surface area contributed by atoms with Gasteiger partial charge in [-0.15, -0.1) is 0 Å². The lowest BCUT2D eigenvalue weighted by Crippen LogP contribution is -2.23. The Morgan fingerprint density at radius 2 is 1.83 bits per heavy atom. The summed E-state index contributed by atoms with van der Waals surface area (Å²) in [6.07, 6.45) is 4.41. The van der Waals surface area contributed by atoms with E-state index in [4.69, 9.17) is 9.40 Å². The topological polar surface area (TPSA) is 53.1 Å². The number of oxazole rings is 1. The number of hydrogen-bond donors (Lipinski definition) is 0. The van der Waals surface area contributed by atoms with Gasteiger partial charge in [-0.2, -0.15) is 5.26 Å². The lowest BCUT2D eigenvalue weighted by atomic mass is 9.87. The van der Waals surface area contributed by atoms with Gasteiger partial charge in [0.2, 0.25) is 5.89 Å². The number of nitrogens with zero attached hydrogens (tertiary/aromatic N) is 3. The SMILES string of the molecule is Cc1c(-c2ccccc2)c(C2=CC(N(C)C)CC2)c2oc(C(C)(C)C)nc2c1C#N. The van der Waals surface area contributed by atoms with E-state index >= 15 is 0 Å². The molecular weight excluding hydrogens is 370 g/mol. The molecule has 0 aliphatic heterocycles. The largest absolute Gasteiger partial charge is 0.439 e. The van der Waals surface area contributed by atoms with Crippen LogP contribution < -0.4 is 0 Å². The molecule has 4 nitrogen and oxygen atoms in total. The zero-order valence-corrected chi connectivity index (χ0v) is 18.7. The molecule has 1 aromatic heterocycles. The Hall–Kier alpha value is -2.90. The molecule has 30 heavy (non-hydrogen) atoms. The Morgan fingerprint density at radius 1 is 1.13 bits per heavy atom. The number of fused-ring (bicyclic) bond motifs is 1. The summed E-state index contributed by atoms with van der Waals surface area (Å²) in [5, 5.41) is 10.0. The molecule has 1 aliphatic rings. The molecule has 0 saturated heterocycles. The van der Waals surface area contributed by atoms with Crippen LogP contribution in [-0.2, 0) is 5.41 Å². The molecule has 1 unspecified atom stereocenters. The first-order valence-corrected chi connectivity index (χ1v) is 10.5. The number of aromatic nitrogens is 1. The molecule has 0 N–H and O–H groups in total. The number of allylic oxidation sites excluding steroid dienone is 1. The molecule has 2 aromatic carbocycles. The summed E-state index contributed by atoms with van der Waals surface area (Å²) in [5.74, 6) is 0.669. The molecule has 3 aromatic rings. The van der Waals surface area contributed by atoms with Crippen LogP contribution in [0.1, 0.15) is 56.2 Å². The van der Waals surface area contributed by atoms with Gasteiger partial charge in [-0.1, -0.05) is 57.2 Å². The van der Waals surface area contributed by atoms with Gasteiger partial charge in [0, 0.05) is 17.0 Å². The maximum atomic E-state index is 10.0. The highest BCUT2D eigenvalue weighted by molar-refractivity contribution is 6.01. The van der Waals surface area contributed by atoms with E-state index in [1.165, 1.54) is 5.57 Å². The highest BCUT2D eigenvalue weighted by Crippen LogP contribution is 2.44. The molecule has 0 amide bonds. The van der Waals surface area contributed by atoms with Crippen LogP contribution in [0.2, 0.25) is 0 Å². The normalized spacial score (nSPS) is 16.9. The molecule has 0 radical (unpaired) electrons. The predicted octanol–water partition coefficient (Wildman–Crippen LogP) is 6.08. The van der Waals surface area contributed by atoms with Crippen LogP contribution in [0.3, 0.4) is 0 Å². The van der Waals surface area contributed by atoms with Gasteiger partial charge in [0.05, 0.1) is 5.56 Å². The van der Waals surface area contributed by atoms with Crippen molar-refractivity contribution in [1.29, 1.82) is 5.26 Å². The van der Waals surface area contributed by atoms with Crippen LogP contribution in [-0.4, -0.2) is 30.0 Å². The summed E-state index contributed by atoms with van der Waals surface area (Å²) in [6, 6.07) is 13.1. The maximum absolute atomic E-state index is 10.0. The van der Waals surface area contributed by atoms with Crippen LogP contribution in [0.25, 0.3) is 27.8 Å². The first-order chi connectivity index (χ1) is 14.2. The zero-order valence-electron chi connectivity index (χ0n) is 18.7. The zero-order chi connectivity index (χ0) is 21.6. The van der Waals surface area contributed by atoms with Crippen molar-refractivity contribution in [2.75, 3.05) is 14.1 Å². The van der Waals surface area contributed by atoms with Crippen molar-refractivity contribution in [3.63, 3.8) is 0 Å². The fraction of sp³-hybridized carbons (Fsp3) is 0.385. The standard InChI is InChI=1S/C26H29N3O/c1-16-20(15-27)23-24(30-25(28-23)26(2,3)4)22(18-12-13-19(14-18)29(5)6)21(16)17-10-8-7-9-11-17/h7-11,14,19H,12-13H2,1-6H3. The highest BCUT2D eigenvalue weighted by Gasteiger charge is 2.30. The van der Waals surface area contributed by atoms with Crippen molar-refractivity contribution in [1.82, 2.24) is 9.88 Å². The van der Waals surface area contributed by atoms with E-state index in [1.807, 2.05) is 25.1 Å². The van der Waals surface area contributed by atoms with Crippen molar-refractivity contribution in [2.45, 2.75) is 52.0 Å². The third-order valence-corrected chi connectivity index (χ3v) is 5.99. The van der Waals surface area contributed by atoms with Crippen molar-refractivity contribution in [2.24, 2.45) is 0 Å². The summed E-state index contributed by atoms with van der Waals surface area (Å²) in [5.41, 5.74) is 7.33. The van der Waals surface area contributed by atoms with Gasteiger partial charge in [0.15, 0.2) is 5.58 Å². The van der Waals surface area contributed by atoms with Gasteiger partial charge in [-0.05, 0) is 56.1 Å². The quantitative estimate of drug-likeness (QED) is 0.535. The van der Waals surface area contributed by atoms with E-state index in [2.05, 4.69) is 64.0 Å². The molecule has 154 valence electrons. The first kappa shape index (κ1) is 20.4. The summed E-state index contributed by atoms with van der Waals surface area (Å²) >= 11 is 0. The second kappa shape index (κ2) is 7.41. The third-order valence-electron chi connectivity index (χ3n) is 5.99. The monoisotopic (exact) mass is 399 g/mol. The van der Waals surface area contributed by atoms with Gasteiger partial charge in [-0.3, -0.25) is 0 Å². The first-order valence-electron chi connectivity index (χ1n) is 10.5. The average Bonchev–Trinajstić information content (AvgIpc) is 3.35. The van der Waals surface area contributed by atoms with Gasteiger partial charge >= 0.3 is 0 Å². The number of nitriles is 1. The van der Waals surface area contributed by atoms with Crippen LogP contribution >= 0.6 is 0 Å². The minimum atomic E-state index is -0.236. The lowest BCUT2D eigenvalue weighted by Gasteiger charge is -2.17. The summed E-state index contributed by atoms with van der Waals surface area (Å²) < 4.78 is 6.41. The maximum Gasteiger partial charge on any atom is 0.200 e. The fourth-order valence-electron chi connectivity index (χ4n) is 4.31. The van der Waals surface area contributed by atoms with Gasteiger partial charge in [-0.25, -0.2) is 4.98 Å². The second-order valence-electron chi connectivity index (χ2n) is 9.44. The Balaban J connectivity index is 2.12. The lowest BCUT2D eigenvalue weighted by molar-refractivity contribution is 0.340. The number of benzene rings is 2. The predicted molar refractivity (Wildman–Crippen MR) is 122 cm³/mol. The van der Waals surface area contributed by atoms with E-state index in [1.54, 1.807) is 0 Å². The van der Waals surface area contributed by atoms with Crippen molar-refractivity contribution < 1.29 is 4.42 Å². The van der Waals surface area contributed by atoms with Crippen LogP contribution in [0.15, 0.2) is 40.8 Å². The molecule has 4 heteroatoms. The molecule has 0 bridgehead atoms. The summed E-state index contributed by atoms with van der Waals surface area (Å²) in [7, 11) is 4.24. The molecule has 0 spiro atoms. The summed E-state index contributed by atoms with van der Waals surface area (Å²) in [6.45, 7) is 8.30. The van der Waals surface area contributed by atoms with Crippen LogP contribution in [0, 0.1) is 18.3 Å². The Bertz CT molecular complexity index is 1170. The van der Waals surface area contributed by atoms with E-state index in [0.29, 0.717) is 23.0 Å². The van der Waals surface area contributed by atoms with Gasteiger partial charge in [0.1, 0.15) is 11.6 Å².